The highest BCUT2D eigenvalue weighted by Crippen LogP contribution is 2.41. The number of carbonyl (C=O) groups excluding carboxylic acids is 2. The van der Waals surface area contributed by atoms with Crippen molar-refractivity contribution in [3.8, 4) is 5.75 Å². The van der Waals surface area contributed by atoms with E-state index in [0.717, 1.165) is 79.0 Å². The van der Waals surface area contributed by atoms with Gasteiger partial charge in [0.05, 0.1) is 19.0 Å². The molecule has 2 amide bonds. The van der Waals surface area contributed by atoms with Crippen LogP contribution in [0.25, 0.3) is 0 Å². The summed E-state index contributed by atoms with van der Waals surface area (Å²) in [5, 5.41) is 11.0. The molecule has 44 heavy (non-hydrogen) atoms. The monoisotopic (exact) mass is 616 g/mol. The maximum Gasteiger partial charge on any atom is 0.236 e. The van der Waals surface area contributed by atoms with Crippen molar-refractivity contribution in [3.63, 3.8) is 0 Å². The van der Waals surface area contributed by atoms with E-state index in [9.17, 15) is 14.7 Å². The van der Waals surface area contributed by atoms with E-state index in [-0.39, 0.29) is 30.0 Å². The molecule has 0 unspecified atom stereocenters. The van der Waals surface area contributed by atoms with E-state index in [0.29, 0.717) is 23.5 Å². The lowest BCUT2D eigenvalue weighted by Crippen LogP contribution is -2.53. The Hall–Kier alpha value is -3.55. The maximum absolute atomic E-state index is 13.7. The lowest BCUT2D eigenvalue weighted by Gasteiger charge is -2.41. The molecule has 1 atom stereocenters. The second kappa shape index (κ2) is 13.6. The summed E-state index contributed by atoms with van der Waals surface area (Å²) in [6.07, 6.45) is 10.7. The fourth-order valence-corrected chi connectivity index (χ4v) is 7.00. The Morgan fingerprint density at radius 3 is 2.43 bits per heavy atom. The van der Waals surface area contributed by atoms with Gasteiger partial charge in [-0.05, 0) is 104 Å². The van der Waals surface area contributed by atoms with Gasteiger partial charge in [0.15, 0.2) is 0 Å². The van der Waals surface area contributed by atoms with Crippen LogP contribution < -0.4 is 0 Å². The quantitative estimate of drug-likeness (QED) is 0.365. The van der Waals surface area contributed by atoms with E-state index in [4.69, 9.17) is 11.6 Å². The van der Waals surface area contributed by atoms with Crippen LogP contribution in [0, 0.1) is 12.8 Å². The Morgan fingerprint density at radius 2 is 1.77 bits per heavy atom. The molecule has 2 heterocycles. The Labute approximate surface area is 267 Å². The highest BCUT2D eigenvalue weighted by Gasteiger charge is 2.36. The molecule has 2 aromatic carbocycles. The summed E-state index contributed by atoms with van der Waals surface area (Å²) >= 11 is 6.22. The van der Waals surface area contributed by atoms with E-state index in [1.54, 1.807) is 6.07 Å². The van der Waals surface area contributed by atoms with E-state index in [1.165, 1.54) is 0 Å². The molecular formula is C36H45ClN4O3. The summed E-state index contributed by atoms with van der Waals surface area (Å²) in [5.41, 5.74) is 5.26. The SMILES string of the molecule is C=C(/C=C\C(=C/C)N1C(=O)Cc2cc(O)c(C)cc2[C@@H]1c1ccc(Cl)cc1)N(C)CC1CCC(N2CCN(C)C(=O)C2)CC1. The Morgan fingerprint density at radius 1 is 1.07 bits per heavy atom. The molecule has 1 N–H and O–H groups in total. The molecule has 0 radical (unpaired) electrons. The number of rotatable bonds is 8. The third-order valence-electron chi connectivity index (χ3n) is 9.67. The average molecular weight is 617 g/mol. The molecule has 0 spiro atoms. The predicted molar refractivity (Wildman–Crippen MR) is 176 cm³/mol. The van der Waals surface area contributed by atoms with Crippen LogP contribution in [0.1, 0.15) is 60.9 Å². The number of aryl methyl sites for hydroxylation is 1. The number of benzene rings is 2. The van der Waals surface area contributed by atoms with E-state index in [1.807, 2.05) is 79.3 Å². The largest absolute Gasteiger partial charge is 0.508 e. The summed E-state index contributed by atoms with van der Waals surface area (Å²) < 4.78 is 0. The molecule has 3 aliphatic rings. The molecule has 2 fully saturated rings. The number of fused-ring (bicyclic) bond motifs is 1. The van der Waals surface area contributed by atoms with E-state index < -0.39 is 0 Å². The summed E-state index contributed by atoms with van der Waals surface area (Å²) in [4.78, 5) is 34.2. The smallest absolute Gasteiger partial charge is 0.236 e. The van der Waals surface area contributed by atoms with Crippen molar-refractivity contribution in [1.29, 1.82) is 0 Å². The maximum atomic E-state index is 13.7. The molecule has 5 rings (SSSR count). The van der Waals surface area contributed by atoms with Gasteiger partial charge in [0.1, 0.15) is 5.75 Å². The van der Waals surface area contributed by atoms with E-state index >= 15 is 0 Å². The van der Waals surface area contributed by atoms with Gasteiger partial charge < -0.3 is 19.8 Å². The van der Waals surface area contributed by atoms with Gasteiger partial charge in [0.2, 0.25) is 11.8 Å². The second-order valence-electron chi connectivity index (χ2n) is 12.6. The normalized spacial score (nSPS) is 23.3. The number of phenols is 1. The number of hydrogen-bond donors (Lipinski definition) is 1. The zero-order valence-electron chi connectivity index (χ0n) is 26.4. The Kier molecular flexibility index (Phi) is 9.86. The highest BCUT2D eigenvalue weighted by atomic mass is 35.5. The molecule has 2 aliphatic heterocycles. The van der Waals surface area contributed by atoms with Crippen LogP contribution in [-0.2, 0) is 16.0 Å². The zero-order chi connectivity index (χ0) is 31.5. The summed E-state index contributed by atoms with van der Waals surface area (Å²) in [6, 6.07) is 11.5. The molecule has 7 nitrogen and oxygen atoms in total. The second-order valence-corrected chi connectivity index (χ2v) is 13.0. The first-order valence-corrected chi connectivity index (χ1v) is 16.1. The Bertz CT molecular complexity index is 1460. The van der Waals surface area contributed by atoms with Crippen LogP contribution >= 0.6 is 11.6 Å². The van der Waals surface area contributed by atoms with Crippen LogP contribution in [0.2, 0.25) is 5.02 Å². The number of halogens is 1. The zero-order valence-corrected chi connectivity index (χ0v) is 27.2. The molecular weight excluding hydrogens is 572 g/mol. The van der Waals surface area contributed by atoms with Crippen molar-refractivity contribution < 1.29 is 14.7 Å². The molecule has 0 aromatic heterocycles. The number of amides is 2. The molecule has 2 aromatic rings. The minimum absolute atomic E-state index is 0.0313. The van der Waals surface area contributed by atoms with Gasteiger partial charge >= 0.3 is 0 Å². The van der Waals surface area contributed by atoms with Crippen molar-refractivity contribution in [2.75, 3.05) is 40.3 Å². The standard InChI is InChI=1S/C36H45ClN4O3/c1-6-30(14-7-25(3)39(5)22-26-8-15-31(16-9-26)40-18-17-38(4)35(44)23-40)41-34(43)21-28-20-33(42)24(2)19-32(28)36(41)27-10-12-29(37)13-11-27/h6-7,10-14,19-20,26,31,36,42H,3,8-9,15-18,21-23H2,1-2,4-5H3/b14-7-,30-6+/t26?,31?,36-/m0/s1. The number of aromatic hydroxyl groups is 1. The van der Waals surface area contributed by atoms with Gasteiger partial charge in [-0.1, -0.05) is 36.4 Å². The van der Waals surface area contributed by atoms with Gasteiger partial charge in [0.25, 0.3) is 0 Å². The molecule has 1 saturated heterocycles. The van der Waals surface area contributed by atoms with Crippen molar-refractivity contribution in [3.05, 3.63) is 99.9 Å². The highest BCUT2D eigenvalue weighted by molar-refractivity contribution is 6.30. The third kappa shape index (κ3) is 6.89. The van der Waals surface area contributed by atoms with E-state index in [2.05, 4.69) is 23.4 Å². The minimum atomic E-state index is -0.351. The number of likely N-dealkylation sites (N-methyl/N-ethyl adjacent to an activating group) is 2. The lowest BCUT2D eigenvalue weighted by atomic mass is 9.84. The molecule has 8 heteroatoms. The number of phenolic OH excluding ortho intramolecular Hbond substituents is 1. The number of hydrogen-bond acceptors (Lipinski definition) is 5. The van der Waals surface area contributed by atoms with Gasteiger partial charge in [0, 0.05) is 56.2 Å². The molecule has 234 valence electrons. The fourth-order valence-electron chi connectivity index (χ4n) is 6.88. The first-order chi connectivity index (χ1) is 21.0. The van der Waals surface area contributed by atoms with Crippen LogP contribution in [0.5, 0.6) is 5.75 Å². The van der Waals surface area contributed by atoms with Gasteiger partial charge in [-0.25, -0.2) is 0 Å². The summed E-state index contributed by atoms with van der Waals surface area (Å²) in [5.74, 6) is 0.982. The lowest BCUT2D eigenvalue weighted by molar-refractivity contribution is -0.135. The topological polar surface area (TPSA) is 67.3 Å². The number of nitrogens with zero attached hydrogens (tertiary/aromatic N) is 4. The van der Waals surface area contributed by atoms with Crippen molar-refractivity contribution >= 4 is 23.4 Å². The number of allylic oxidation sites excluding steroid dienone is 3. The van der Waals surface area contributed by atoms with Crippen molar-refractivity contribution in [2.24, 2.45) is 5.92 Å². The first-order valence-electron chi connectivity index (χ1n) is 15.7. The third-order valence-corrected chi connectivity index (χ3v) is 9.92. The minimum Gasteiger partial charge on any atom is -0.508 e. The van der Waals surface area contributed by atoms with Crippen LogP contribution in [0.15, 0.2) is 72.6 Å². The van der Waals surface area contributed by atoms with Gasteiger partial charge in [-0.15, -0.1) is 0 Å². The average Bonchev–Trinajstić information content (AvgIpc) is 3.00. The first kappa shape index (κ1) is 31.9. The van der Waals surface area contributed by atoms with Crippen molar-refractivity contribution in [1.82, 2.24) is 19.6 Å². The van der Waals surface area contributed by atoms with Crippen LogP contribution in [0.4, 0.5) is 0 Å². The fraction of sp³-hybridized carbons (Fsp3) is 0.444. The Balaban J connectivity index is 1.26. The van der Waals surface area contributed by atoms with Crippen molar-refractivity contribution in [2.45, 2.75) is 58.0 Å². The van der Waals surface area contributed by atoms with Crippen LogP contribution in [0.3, 0.4) is 0 Å². The van der Waals surface area contributed by atoms with Gasteiger partial charge in [-0.3, -0.25) is 14.5 Å². The molecule has 1 saturated carbocycles. The van der Waals surface area contributed by atoms with Crippen LogP contribution in [-0.4, -0.2) is 82.8 Å². The summed E-state index contributed by atoms with van der Waals surface area (Å²) in [7, 11) is 3.98. The molecule has 0 bridgehead atoms. The number of carbonyl (C=O) groups is 2. The van der Waals surface area contributed by atoms with Gasteiger partial charge in [-0.2, -0.15) is 0 Å². The summed E-state index contributed by atoms with van der Waals surface area (Å²) in [6.45, 7) is 11.4. The predicted octanol–water partition coefficient (Wildman–Crippen LogP) is 6.07. The molecule has 1 aliphatic carbocycles. The number of piperazine rings is 1.